The normalized spacial score (nSPS) is 15.2. The molecule has 6 heteroatoms. The minimum Gasteiger partial charge on any atom is -0.488 e. The van der Waals surface area contributed by atoms with Crippen LogP contribution in [0.4, 0.5) is 10.5 Å². The van der Waals surface area contributed by atoms with E-state index in [1.165, 1.54) is 0 Å². The number of carbonyl (C=O) groups is 1. The molecule has 0 saturated carbocycles. The summed E-state index contributed by atoms with van der Waals surface area (Å²) in [6, 6.07) is 7.87. The zero-order valence-electron chi connectivity index (χ0n) is 18.5. The number of anilines is 1. The van der Waals surface area contributed by atoms with E-state index in [1.807, 2.05) is 52.0 Å². The molecule has 1 aliphatic rings. The van der Waals surface area contributed by atoms with Crippen LogP contribution in [0.3, 0.4) is 0 Å². The Morgan fingerprint density at radius 1 is 1.03 bits per heavy atom. The molecule has 6 nitrogen and oxygen atoms in total. The molecule has 1 N–H and O–H groups in total. The number of carbonyl (C=O) groups excluding carboxylic acids is 1. The average molecular weight is 418 g/mol. The summed E-state index contributed by atoms with van der Waals surface area (Å²) in [5, 5.41) is 2.99. The van der Waals surface area contributed by atoms with Gasteiger partial charge in [-0.15, -0.1) is 0 Å². The molecule has 1 aliphatic heterocycles. The van der Waals surface area contributed by atoms with Crippen LogP contribution in [0.1, 0.15) is 38.8 Å². The summed E-state index contributed by atoms with van der Waals surface area (Å²) in [6.45, 7) is 9.65. The predicted molar refractivity (Wildman–Crippen MR) is 121 cm³/mol. The number of benzene rings is 1. The van der Waals surface area contributed by atoms with E-state index in [0.717, 1.165) is 39.8 Å². The second kappa shape index (κ2) is 8.02. The highest BCUT2D eigenvalue weighted by Gasteiger charge is 2.32. The standard InChI is InChI=1S/C25H27N3O3/c1-15-14-19-20(17-6-10-26-11-7-17)16(2)21(18-8-12-27-13-9-18)22(23(19)30-15)28-24(29)31-25(3,4)5/h6-13,15H,14H2,1-5H3,(H,28,29)/t15-/m1/s1. The molecule has 160 valence electrons. The Balaban J connectivity index is 1.97. The van der Waals surface area contributed by atoms with Gasteiger partial charge in [-0.25, -0.2) is 4.79 Å². The van der Waals surface area contributed by atoms with Crippen molar-refractivity contribution in [2.75, 3.05) is 5.32 Å². The fourth-order valence-electron chi connectivity index (χ4n) is 4.09. The quantitative estimate of drug-likeness (QED) is 0.584. The van der Waals surface area contributed by atoms with E-state index in [9.17, 15) is 4.79 Å². The van der Waals surface area contributed by atoms with Crippen molar-refractivity contribution in [3.63, 3.8) is 0 Å². The SMILES string of the molecule is Cc1c(-c2ccncc2)c2c(c(NC(=O)OC(C)(C)C)c1-c1ccncc1)O[C@H](C)C2. The summed E-state index contributed by atoms with van der Waals surface area (Å²) in [5.41, 5.74) is 6.19. The van der Waals surface area contributed by atoms with Crippen molar-refractivity contribution in [1.82, 2.24) is 9.97 Å². The van der Waals surface area contributed by atoms with Crippen LogP contribution in [0, 0.1) is 6.92 Å². The molecule has 3 aromatic rings. The number of nitrogens with one attached hydrogen (secondary N) is 1. The number of hydrogen-bond acceptors (Lipinski definition) is 5. The molecular formula is C25H27N3O3. The molecule has 0 radical (unpaired) electrons. The Morgan fingerprint density at radius 2 is 1.58 bits per heavy atom. The number of hydrogen-bond donors (Lipinski definition) is 1. The fraction of sp³-hybridized carbons (Fsp3) is 0.320. The van der Waals surface area contributed by atoms with Crippen LogP contribution in [0.25, 0.3) is 22.3 Å². The number of aromatic nitrogens is 2. The Bertz CT molecular complexity index is 1110. The summed E-state index contributed by atoms with van der Waals surface area (Å²) in [7, 11) is 0. The Kier molecular flexibility index (Phi) is 5.39. The zero-order chi connectivity index (χ0) is 22.2. The van der Waals surface area contributed by atoms with E-state index < -0.39 is 11.7 Å². The van der Waals surface area contributed by atoms with Crippen molar-refractivity contribution < 1.29 is 14.3 Å². The number of pyridine rings is 2. The van der Waals surface area contributed by atoms with Crippen LogP contribution >= 0.6 is 0 Å². The second-order valence-corrected chi connectivity index (χ2v) is 8.79. The largest absolute Gasteiger partial charge is 0.488 e. The highest BCUT2D eigenvalue weighted by atomic mass is 16.6. The van der Waals surface area contributed by atoms with Crippen LogP contribution < -0.4 is 10.1 Å². The molecule has 1 amide bonds. The topological polar surface area (TPSA) is 73.3 Å². The van der Waals surface area contributed by atoms with E-state index >= 15 is 0 Å². The van der Waals surface area contributed by atoms with Crippen LogP contribution in [0.15, 0.2) is 49.1 Å². The van der Waals surface area contributed by atoms with Crippen LogP contribution in [0.5, 0.6) is 5.75 Å². The Morgan fingerprint density at radius 3 is 2.13 bits per heavy atom. The summed E-state index contributed by atoms with van der Waals surface area (Å²) >= 11 is 0. The number of amides is 1. The smallest absolute Gasteiger partial charge is 0.412 e. The van der Waals surface area contributed by atoms with Gasteiger partial charge in [-0.3, -0.25) is 15.3 Å². The molecule has 3 heterocycles. The van der Waals surface area contributed by atoms with Crippen molar-refractivity contribution in [3.8, 4) is 28.0 Å². The lowest BCUT2D eigenvalue weighted by Gasteiger charge is -2.24. The first kappa shape index (κ1) is 20.8. The third-order valence-electron chi connectivity index (χ3n) is 5.18. The summed E-state index contributed by atoms with van der Waals surface area (Å²) < 4.78 is 11.8. The van der Waals surface area contributed by atoms with Gasteiger partial charge < -0.3 is 9.47 Å². The monoisotopic (exact) mass is 417 g/mol. The molecule has 0 saturated heterocycles. The minimum atomic E-state index is -0.607. The van der Waals surface area contributed by atoms with Gasteiger partial charge in [-0.1, -0.05) is 0 Å². The van der Waals surface area contributed by atoms with E-state index in [1.54, 1.807) is 24.8 Å². The second-order valence-electron chi connectivity index (χ2n) is 8.79. The summed E-state index contributed by atoms with van der Waals surface area (Å²) in [4.78, 5) is 21.1. The Labute approximate surface area is 182 Å². The number of nitrogens with zero attached hydrogens (tertiary/aromatic N) is 2. The maximum absolute atomic E-state index is 12.7. The third-order valence-corrected chi connectivity index (χ3v) is 5.18. The summed E-state index contributed by atoms with van der Waals surface area (Å²) in [6.07, 6.45) is 7.32. The van der Waals surface area contributed by atoms with Gasteiger partial charge in [0, 0.05) is 42.3 Å². The van der Waals surface area contributed by atoms with Gasteiger partial charge >= 0.3 is 6.09 Å². The van der Waals surface area contributed by atoms with Crippen molar-refractivity contribution >= 4 is 11.8 Å². The number of fused-ring (bicyclic) bond motifs is 1. The first-order chi connectivity index (χ1) is 14.7. The maximum atomic E-state index is 12.7. The lowest BCUT2D eigenvalue weighted by molar-refractivity contribution is 0.0635. The molecule has 31 heavy (non-hydrogen) atoms. The van der Waals surface area contributed by atoms with Gasteiger partial charge in [0.1, 0.15) is 17.5 Å². The molecular weight excluding hydrogens is 390 g/mol. The van der Waals surface area contributed by atoms with Gasteiger partial charge in [0.25, 0.3) is 0 Å². The van der Waals surface area contributed by atoms with Gasteiger partial charge in [-0.2, -0.15) is 0 Å². The van der Waals surface area contributed by atoms with Crippen LogP contribution in [0.2, 0.25) is 0 Å². The molecule has 2 aromatic heterocycles. The Hall–Kier alpha value is -3.41. The lowest BCUT2D eigenvalue weighted by atomic mass is 9.86. The van der Waals surface area contributed by atoms with E-state index in [0.29, 0.717) is 11.4 Å². The highest BCUT2D eigenvalue weighted by molar-refractivity contribution is 6.00. The van der Waals surface area contributed by atoms with Crippen molar-refractivity contribution in [3.05, 3.63) is 60.2 Å². The predicted octanol–water partition coefficient (Wildman–Crippen LogP) is 5.79. The number of rotatable bonds is 3. The minimum absolute atomic E-state index is 0.00173. The van der Waals surface area contributed by atoms with Crippen LogP contribution in [-0.2, 0) is 11.2 Å². The van der Waals surface area contributed by atoms with E-state index in [4.69, 9.17) is 9.47 Å². The van der Waals surface area contributed by atoms with Crippen LogP contribution in [-0.4, -0.2) is 27.8 Å². The molecule has 0 bridgehead atoms. The fourth-order valence-corrected chi connectivity index (χ4v) is 4.09. The van der Waals surface area contributed by atoms with Crippen molar-refractivity contribution in [2.45, 2.75) is 52.7 Å². The van der Waals surface area contributed by atoms with Crippen molar-refractivity contribution in [2.24, 2.45) is 0 Å². The average Bonchev–Trinajstić information content (AvgIpc) is 3.09. The molecule has 0 spiro atoms. The van der Waals surface area contributed by atoms with E-state index in [2.05, 4.69) is 22.2 Å². The highest BCUT2D eigenvalue weighted by Crippen LogP contribution is 2.50. The van der Waals surface area contributed by atoms with Crippen molar-refractivity contribution in [1.29, 1.82) is 0 Å². The summed E-state index contributed by atoms with van der Waals surface area (Å²) in [5.74, 6) is 0.697. The van der Waals surface area contributed by atoms with Gasteiger partial charge in [0.05, 0.1) is 5.69 Å². The van der Waals surface area contributed by atoms with E-state index in [-0.39, 0.29) is 6.10 Å². The molecule has 1 atom stereocenters. The van der Waals surface area contributed by atoms with Gasteiger partial charge in [0.2, 0.25) is 0 Å². The first-order valence-corrected chi connectivity index (χ1v) is 10.4. The van der Waals surface area contributed by atoms with Gasteiger partial charge in [-0.05, 0) is 81.1 Å². The molecule has 0 fully saturated rings. The molecule has 0 unspecified atom stereocenters. The van der Waals surface area contributed by atoms with Gasteiger partial charge in [0.15, 0.2) is 0 Å². The molecule has 1 aromatic carbocycles. The zero-order valence-corrected chi connectivity index (χ0v) is 18.5. The third kappa shape index (κ3) is 4.24. The first-order valence-electron chi connectivity index (χ1n) is 10.4. The molecule has 0 aliphatic carbocycles. The lowest BCUT2D eigenvalue weighted by Crippen LogP contribution is -2.27. The molecule has 4 rings (SSSR count). The number of ether oxygens (including phenoxy) is 2. The maximum Gasteiger partial charge on any atom is 0.412 e.